The molecule has 3 rings (SSSR count). The molecule has 28 heavy (non-hydrogen) atoms. The average molecular weight is 376 g/mol. The lowest BCUT2D eigenvalue weighted by Gasteiger charge is -2.05. The third-order valence-corrected chi connectivity index (χ3v) is 3.84. The molecule has 0 bridgehead atoms. The molecular weight excluding hydrogens is 360 g/mol. The molecule has 0 unspecified atom stereocenters. The second kappa shape index (κ2) is 8.59. The predicted octanol–water partition coefficient (Wildman–Crippen LogP) is 4.57. The van der Waals surface area contributed by atoms with Crippen molar-refractivity contribution >= 4 is 23.6 Å². The van der Waals surface area contributed by atoms with Crippen LogP contribution in [0.1, 0.15) is 15.9 Å². The summed E-state index contributed by atoms with van der Waals surface area (Å²) in [5.74, 6) is 0.608. The molecule has 3 aromatic carbocycles. The first-order valence-electron chi connectivity index (χ1n) is 8.30. The SMILES string of the molecule is COc1ccc(C(=O)Oc2ccc(C=Nc3ccc([N+](=O)[O-])cc3)cc2)cc1. The number of benzene rings is 3. The Balaban J connectivity index is 1.62. The van der Waals surface area contributed by atoms with E-state index in [-0.39, 0.29) is 5.69 Å². The van der Waals surface area contributed by atoms with Gasteiger partial charge in [-0.25, -0.2) is 4.79 Å². The zero-order chi connectivity index (χ0) is 19.9. The number of hydrogen-bond donors (Lipinski definition) is 0. The van der Waals surface area contributed by atoms with Gasteiger partial charge in [-0.05, 0) is 66.2 Å². The standard InChI is InChI=1S/C21H16N2O5/c1-27-19-12-4-16(5-13-19)21(24)28-20-10-2-15(3-11-20)14-22-17-6-8-18(9-7-17)23(25)26/h2-14H,1H3. The topological polar surface area (TPSA) is 91.0 Å². The Kier molecular flexibility index (Phi) is 5.76. The van der Waals surface area contributed by atoms with E-state index in [1.165, 1.54) is 12.1 Å². The lowest BCUT2D eigenvalue weighted by atomic mass is 10.2. The molecule has 0 aliphatic carbocycles. The summed E-state index contributed by atoms with van der Waals surface area (Å²) in [4.78, 5) is 26.6. The molecule has 0 amide bonds. The van der Waals surface area contributed by atoms with Crippen molar-refractivity contribution in [1.82, 2.24) is 0 Å². The van der Waals surface area contributed by atoms with Crippen molar-refractivity contribution in [3.8, 4) is 11.5 Å². The molecule has 0 heterocycles. The summed E-state index contributed by atoms with van der Waals surface area (Å²) in [6, 6.07) is 19.4. The van der Waals surface area contributed by atoms with E-state index in [2.05, 4.69) is 4.99 Å². The Morgan fingerprint density at radius 3 is 2.11 bits per heavy atom. The first-order valence-corrected chi connectivity index (χ1v) is 8.30. The molecule has 3 aromatic rings. The van der Waals surface area contributed by atoms with Gasteiger partial charge in [0.25, 0.3) is 5.69 Å². The number of hydrogen-bond acceptors (Lipinski definition) is 6. The maximum Gasteiger partial charge on any atom is 0.343 e. The van der Waals surface area contributed by atoms with Gasteiger partial charge in [0, 0.05) is 18.3 Å². The molecule has 7 nitrogen and oxygen atoms in total. The Labute approximate surface area is 161 Å². The van der Waals surface area contributed by atoms with Crippen molar-refractivity contribution in [2.75, 3.05) is 7.11 Å². The molecule has 0 N–H and O–H groups in total. The van der Waals surface area contributed by atoms with E-state index in [4.69, 9.17) is 9.47 Å². The molecule has 0 aromatic heterocycles. The second-order valence-electron chi connectivity index (χ2n) is 5.72. The highest BCUT2D eigenvalue weighted by Gasteiger charge is 2.08. The molecule has 140 valence electrons. The average Bonchev–Trinajstić information content (AvgIpc) is 2.73. The normalized spacial score (nSPS) is 10.6. The fraction of sp³-hybridized carbons (Fsp3) is 0.0476. The van der Waals surface area contributed by atoms with Gasteiger partial charge in [0.2, 0.25) is 0 Å². The van der Waals surface area contributed by atoms with Crippen LogP contribution in [-0.4, -0.2) is 24.2 Å². The minimum atomic E-state index is -0.463. The van der Waals surface area contributed by atoms with Gasteiger partial charge in [-0.1, -0.05) is 0 Å². The van der Waals surface area contributed by atoms with Crippen LogP contribution in [0, 0.1) is 10.1 Å². The van der Waals surface area contributed by atoms with E-state index in [0.717, 1.165) is 5.56 Å². The molecule has 0 aliphatic heterocycles. The van der Waals surface area contributed by atoms with Crippen LogP contribution in [0.5, 0.6) is 11.5 Å². The molecule has 0 atom stereocenters. The van der Waals surface area contributed by atoms with Crippen LogP contribution in [0.3, 0.4) is 0 Å². The van der Waals surface area contributed by atoms with Crippen molar-refractivity contribution in [1.29, 1.82) is 0 Å². The third kappa shape index (κ3) is 4.79. The fourth-order valence-electron chi connectivity index (χ4n) is 2.32. The molecule has 7 heteroatoms. The van der Waals surface area contributed by atoms with Crippen LogP contribution in [0.4, 0.5) is 11.4 Å². The zero-order valence-corrected chi connectivity index (χ0v) is 14.9. The van der Waals surface area contributed by atoms with Gasteiger partial charge in [0.05, 0.1) is 23.3 Å². The molecule has 0 spiro atoms. The first kappa shape index (κ1) is 18.8. The molecule has 0 aliphatic rings. The summed E-state index contributed by atoms with van der Waals surface area (Å²) >= 11 is 0. The first-order chi connectivity index (χ1) is 13.5. The Hall–Kier alpha value is -4.00. The smallest absolute Gasteiger partial charge is 0.343 e. The Morgan fingerprint density at radius 2 is 1.54 bits per heavy atom. The van der Waals surface area contributed by atoms with Crippen LogP contribution in [0.2, 0.25) is 0 Å². The highest BCUT2D eigenvalue weighted by molar-refractivity contribution is 5.91. The lowest BCUT2D eigenvalue weighted by molar-refractivity contribution is -0.384. The van der Waals surface area contributed by atoms with E-state index in [0.29, 0.717) is 22.7 Å². The number of rotatable bonds is 6. The van der Waals surface area contributed by atoms with Gasteiger partial charge < -0.3 is 9.47 Å². The van der Waals surface area contributed by atoms with Crippen molar-refractivity contribution in [2.45, 2.75) is 0 Å². The fourth-order valence-corrected chi connectivity index (χ4v) is 2.32. The number of ether oxygens (including phenoxy) is 2. The maximum absolute atomic E-state index is 12.1. The quantitative estimate of drug-likeness (QED) is 0.207. The van der Waals surface area contributed by atoms with Gasteiger partial charge in [0.15, 0.2) is 0 Å². The molecule has 0 radical (unpaired) electrons. The molecular formula is C21H16N2O5. The number of nitro benzene ring substituents is 1. The van der Waals surface area contributed by atoms with Crippen molar-refractivity contribution in [3.05, 3.63) is 94.0 Å². The largest absolute Gasteiger partial charge is 0.497 e. The Morgan fingerprint density at radius 1 is 0.929 bits per heavy atom. The number of nitrogens with zero attached hydrogens (tertiary/aromatic N) is 2. The summed E-state index contributed by atoms with van der Waals surface area (Å²) < 4.78 is 10.4. The number of carbonyl (C=O) groups excluding carboxylic acids is 1. The van der Waals surface area contributed by atoms with Gasteiger partial charge in [-0.15, -0.1) is 0 Å². The van der Waals surface area contributed by atoms with Gasteiger partial charge in [0.1, 0.15) is 11.5 Å². The van der Waals surface area contributed by atoms with Crippen molar-refractivity contribution in [2.24, 2.45) is 4.99 Å². The van der Waals surface area contributed by atoms with E-state index in [9.17, 15) is 14.9 Å². The zero-order valence-electron chi connectivity index (χ0n) is 14.9. The summed E-state index contributed by atoms with van der Waals surface area (Å²) in [6.07, 6.45) is 1.62. The lowest BCUT2D eigenvalue weighted by Crippen LogP contribution is -2.08. The van der Waals surface area contributed by atoms with E-state index < -0.39 is 10.9 Å². The van der Waals surface area contributed by atoms with E-state index in [1.54, 1.807) is 74.0 Å². The summed E-state index contributed by atoms with van der Waals surface area (Å²) in [6.45, 7) is 0. The number of carbonyl (C=O) groups is 1. The highest BCUT2D eigenvalue weighted by Crippen LogP contribution is 2.19. The van der Waals surface area contributed by atoms with Crippen molar-refractivity contribution < 1.29 is 19.2 Å². The summed E-state index contributed by atoms with van der Waals surface area (Å²) in [5.41, 5.74) is 1.83. The van der Waals surface area contributed by atoms with Crippen LogP contribution < -0.4 is 9.47 Å². The number of esters is 1. The van der Waals surface area contributed by atoms with Crippen LogP contribution >= 0.6 is 0 Å². The van der Waals surface area contributed by atoms with E-state index >= 15 is 0 Å². The Bertz CT molecular complexity index is 994. The van der Waals surface area contributed by atoms with Gasteiger partial charge in [-0.3, -0.25) is 15.1 Å². The maximum atomic E-state index is 12.1. The predicted molar refractivity (Wildman–Crippen MR) is 105 cm³/mol. The minimum Gasteiger partial charge on any atom is -0.497 e. The number of non-ortho nitro benzene ring substituents is 1. The van der Waals surface area contributed by atoms with Crippen LogP contribution in [-0.2, 0) is 0 Å². The number of nitro groups is 1. The molecule has 0 fully saturated rings. The molecule has 0 saturated carbocycles. The monoisotopic (exact) mass is 376 g/mol. The van der Waals surface area contributed by atoms with Crippen LogP contribution in [0.15, 0.2) is 77.8 Å². The van der Waals surface area contributed by atoms with Gasteiger partial charge >= 0.3 is 5.97 Å². The second-order valence-corrected chi connectivity index (χ2v) is 5.72. The van der Waals surface area contributed by atoms with Crippen LogP contribution in [0.25, 0.3) is 0 Å². The van der Waals surface area contributed by atoms with Gasteiger partial charge in [-0.2, -0.15) is 0 Å². The number of aliphatic imine (C=N–C) groups is 1. The third-order valence-electron chi connectivity index (χ3n) is 3.84. The summed E-state index contributed by atoms with van der Waals surface area (Å²) in [5, 5.41) is 10.6. The van der Waals surface area contributed by atoms with E-state index in [1.807, 2.05) is 0 Å². The summed E-state index contributed by atoms with van der Waals surface area (Å²) in [7, 11) is 1.56. The number of methoxy groups -OCH3 is 1. The van der Waals surface area contributed by atoms with Crippen molar-refractivity contribution in [3.63, 3.8) is 0 Å². The highest BCUT2D eigenvalue weighted by atomic mass is 16.6. The minimum absolute atomic E-state index is 0.0157. The molecule has 0 saturated heterocycles.